The number of nitrogens with zero attached hydrogens (tertiary/aromatic N) is 3. The average molecular weight is 352 g/mol. The van der Waals surface area contributed by atoms with E-state index in [0.717, 1.165) is 13.1 Å². The molecular formula is C17H19F3N4O. The maximum atomic E-state index is 12.8. The van der Waals surface area contributed by atoms with Gasteiger partial charge in [0.15, 0.2) is 0 Å². The lowest BCUT2D eigenvalue weighted by Crippen LogP contribution is -2.54. The second kappa shape index (κ2) is 5.72. The molecule has 1 unspecified atom stereocenters. The summed E-state index contributed by atoms with van der Waals surface area (Å²) in [5, 5.41) is 0. The third-order valence-corrected chi connectivity index (χ3v) is 4.98. The number of benzene rings is 1. The number of aromatic nitrogens is 2. The average Bonchev–Trinajstić information content (AvgIpc) is 3.31. The van der Waals surface area contributed by atoms with Crippen molar-refractivity contribution in [3.63, 3.8) is 0 Å². The van der Waals surface area contributed by atoms with Gasteiger partial charge in [-0.25, -0.2) is 4.98 Å². The molecule has 2 aromatic rings. The van der Waals surface area contributed by atoms with Crippen LogP contribution in [0, 0.1) is 0 Å². The van der Waals surface area contributed by atoms with E-state index >= 15 is 0 Å². The summed E-state index contributed by atoms with van der Waals surface area (Å²) in [6, 6.07) is 5.22. The molecule has 1 saturated heterocycles. The van der Waals surface area contributed by atoms with Crippen LogP contribution in [0.3, 0.4) is 0 Å². The number of nitrogens with one attached hydrogen (secondary N) is 1. The minimum atomic E-state index is -4.53. The van der Waals surface area contributed by atoms with Gasteiger partial charge in [0.25, 0.3) is 5.91 Å². The number of carbonyl (C=O) groups excluding carboxylic acids is 1. The smallest absolute Gasteiger partial charge is 0.334 e. The van der Waals surface area contributed by atoms with Gasteiger partial charge in [0.05, 0.1) is 11.0 Å². The molecule has 5 nitrogen and oxygen atoms in total. The summed E-state index contributed by atoms with van der Waals surface area (Å²) in [7, 11) is 0. The SMILES string of the molecule is CC1CN(C2CC2)CCN1C(=O)c1ccc2nc(C(F)(F)F)[nH]c2c1. The number of hydrogen-bond donors (Lipinski definition) is 1. The summed E-state index contributed by atoms with van der Waals surface area (Å²) >= 11 is 0. The van der Waals surface area contributed by atoms with Gasteiger partial charge in [0.2, 0.25) is 5.82 Å². The van der Waals surface area contributed by atoms with Gasteiger partial charge in [-0.15, -0.1) is 0 Å². The minimum absolute atomic E-state index is 0.0880. The molecule has 1 amide bonds. The lowest BCUT2D eigenvalue weighted by Gasteiger charge is -2.40. The maximum Gasteiger partial charge on any atom is 0.449 e. The van der Waals surface area contributed by atoms with Gasteiger partial charge in [-0.05, 0) is 38.0 Å². The number of H-pyrrole nitrogens is 1. The van der Waals surface area contributed by atoms with E-state index in [4.69, 9.17) is 0 Å². The molecule has 1 aromatic carbocycles. The van der Waals surface area contributed by atoms with Crippen LogP contribution in [0.25, 0.3) is 11.0 Å². The third-order valence-electron chi connectivity index (χ3n) is 4.98. The molecular weight excluding hydrogens is 333 g/mol. The fourth-order valence-electron chi connectivity index (χ4n) is 3.50. The van der Waals surface area contributed by atoms with E-state index in [2.05, 4.69) is 14.9 Å². The highest BCUT2D eigenvalue weighted by Crippen LogP contribution is 2.30. The van der Waals surface area contributed by atoms with Crippen LogP contribution in [0.4, 0.5) is 13.2 Å². The Morgan fingerprint density at radius 3 is 2.68 bits per heavy atom. The molecule has 2 aliphatic rings. The Hall–Kier alpha value is -2.09. The lowest BCUT2D eigenvalue weighted by atomic mass is 10.1. The second-order valence-corrected chi connectivity index (χ2v) is 6.89. The van der Waals surface area contributed by atoms with Crippen LogP contribution in [-0.2, 0) is 6.18 Å². The first-order chi connectivity index (χ1) is 11.8. The summed E-state index contributed by atoms with van der Waals surface area (Å²) in [5.41, 5.74) is 0.814. The molecule has 4 rings (SSSR count). The predicted octanol–water partition coefficient (Wildman–Crippen LogP) is 2.89. The molecule has 1 aliphatic carbocycles. The molecule has 2 heterocycles. The first-order valence-corrected chi connectivity index (χ1v) is 8.45. The van der Waals surface area contributed by atoms with Crippen molar-refractivity contribution in [3.8, 4) is 0 Å². The molecule has 2 fully saturated rings. The number of halogens is 3. The molecule has 1 saturated carbocycles. The fraction of sp³-hybridized carbons (Fsp3) is 0.529. The molecule has 1 aliphatic heterocycles. The van der Waals surface area contributed by atoms with Gasteiger partial charge < -0.3 is 9.88 Å². The molecule has 1 aromatic heterocycles. The fourth-order valence-corrected chi connectivity index (χ4v) is 3.50. The first-order valence-electron chi connectivity index (χ1n) is 8.45. The Morgan fingerprint density at radius 2 is 2.04 bits per heavy atom. The van der Waals surface area contributed by atoms with Crippen LogP contribution in [0.5, 0.6) is 0 Å². The zero-order chi connectivity index (χ0) is 17.8. The Labute approximate surface area is 142 Å². The van der Waals surface area contributed by atoms with Crippen LogP contribution in [0.15, 0.2) is 18.2 Å². The van der Waals surface area contributed by atoms with Gasteiger partial charge in [0.1, 0.15) is 0 Å². The van der Waals surface area contributed by atoms with Crippen molar-refractivity contribution >= 4 is 16.9 Å². The number of carbonyl (C=O) groups is 1. The van der Waals surface area contributed by atoms with Crippen molar-refractivity contribution in [2.45, 2.75) is 38.0 Å². The normalized spacial score (nSPS) is 22.6. The Balaban J connectivity index is 1.55. The number of amides is 1. The lowest BCUT2D eigenvalue weighted by molar-refractivity contribution is -0.144. The van der Waals surface area contributed by atoms with Crippen LogP contribution >= 0.6 is 0 Å². The molecule has 0 bridgehead atoms. The van der Waals surface area contributed by atoms with Gasteiger partial charge in [-0.3, -0.25) is 9.69 Å². The summed E-state index contributed by atoms with van der Waals surface area (Å²) in [4.78, 5) is 22.8. The van der Waals surface area contributed by atoms with Crippen LogP contribution in [-0.4, -0.2) is 57.4 Å². The van der Waals surface area contributed by atoms with Crippen molar-refractivity contribution in [3.05, 3.63) is 29.6 Å². The van der Waals surface area contributed by atoms with Gasteiger partial charge in [-0.1, -0.05) is 0 Å². The summed E-state index contributed by atoms with van der Waals surface area (Å²) < 4.78 is 38.3. The zero-order valence-electron chi connectivity index (χ0n) is 13.8. The van der Waals surface area contributed by atoms with Gasteiger partial charge in [0, 0.05) is 37.3 Å². The Morgan fingerprint density at radius 1 is 1.28 bits per heavy atom. The number of imidazole rings is 1. The summed E-state index contributed by atoms with van der Waals surface area (Å²) in [6.45, 7) is 4.36. The van der Waals surface area contributed by atoms with E-state index in [1.165, 1.54) is 25.0 Å². The van der Waals surface area contributed by atoms with E-state index in [0.29, 0.717) is 18.2 Å². The topological polar surface area (TPSA) is 52.2 Å². The minimum Gasteiger partial charge on any atom is -0.334 e. The molecule has 0 spiro atoms. The van der Waals surface area contributed by atoms with E-state index in [1.54, 1.807) is 11.0 Å². The second-order valence-electron chi connectivity index (χ2n) is 6.89. The predicted molar refractivity (Wildman–Crippen MR) is 86.2 cm³/mol. The first kappa shape index (κ1) is 16.4. The van der Waals surface area contributed by atoms with Crippen molar-refractivity contribution in [2.24, 2.45) is 0 Å². The highest BCUT2D eigenvalue weighted by atomic mass is 19.4. The number of aromatic amines is 1. The van der Waals surface area contributed by atoms with Gasteiger partial charge in [-0.2, -0.15) is 13.2 Å². The monoisotopic (exact) mass is 352 g/mol. The maximum absolute atomic E-state index is 12.8. The number of alkyl halides is 3. The largest absolute Gasteiger partial charge is 0.449 e. The molecule has 134 valence electrons. The van der Waals surface area contributed by atoms with Crippen LogP contribution in [0.2, 0.25) is 0 Å². The molecule has 1 N–H and O–H groups in total. The number of rotatable bonds is 2. The summed E-state index contributed by atoms with van der Waals surface area (Å²) in [6.07, 6.45) is -2.06. The number of hydrogen-bond acceptors (Lipinski definition) is 3. The van der Waals surface area contributed by atoms with Crippen LogP contribution < -0.4 is 0 Å². The highest BCUT2D eigenvalue weighted by molar-refractivity contribution is 5.97. The van der Waals surface area contributed by atoms with E-state index < -0.39 is 12.0 Å². The number of piperazine rings is 1. The molecule has 25 heavy (non-hydrogen) atoms. The molecule has 8 heteroatoms. The Kier molecular flexibility index (Phi) is 3.75. The van der Waals surface area contributed by atoms with Crippen molar-refractivity contribution in [2.75, 3.05) is 19.6 Å². The zero-order valence-corrected chi connectivity index (χ0v) is 13.8. The highest BCUT2D eigenvalue weighted by Gasteiger charge is 2.36. The van der Waals surface area contributed by atoms with E-state index in [-0.39, 0.29) is 23.0 Å². The summed E-state index contributed by atoms with van der Waals surface area (Å²) in [5.74, 6) is -1.19. The van der Waals surface area contributed by atoms with Gasteiger partial charge >= 0.3 is 6.18 Å². The van der Waals surface area contributed by atoms with Crippen molar-refractivity contribution in [1.29, 1.82) is 0 Å². The van der Waals surface area contributed by atoms with Crippen LogP contribution in [0.1, 0.15) is 35.9 Å². The third kappa shape index (κ3) is 3.10. The van der Waals surface area contributed by atoms with Crippen molar-refractivity contribution < 1.29 is 18.0 Å². The Bertz CT molecular complexity index is 812. The molecule has 1 atom stereocenters. The quantitative estimate of drug-likeness (QED) is 0.904. The van der Waals surface area contributed by atoms with Crippen molar-refractivity contribution in [1.82, 2.24) is 19.8 Å². The molecule has 0 radical (unpaired) electrons. The van der Waals surface area contributed by atoms with E-state index in [1.807, 2.05) is 6.92 Å². The standard InChI is InChI=1S/C17H19F3N4O/c1-10-9-23(12-3-4-12)6-7-24(10)15(25)11-2-5-13-14(8-11)22-16(21-13)17(18,19)20/h2,5,8,10,12H,3-4,6-7,9H2,1H3,(H,21,22). The van der Waals surface area contributed by atoms with E-state index in [9.17, 15) is 18.0 Å². The number of fused-ring (bicyclic) bond motifs is 1.